The van der Waals surface area contributed by atoms with Gasteiger partial charge in [0, 0.05) is 13.1 Å². The Morgan fingerprint density at radius 3 is 2.48 bits per heavy atom. The standard InChI is InChI=1S/C21H29N3O3/c1-15(2)9-11-23-21(25)18-7-6-17(14-24-18)22-12-10-16-5-8-19(26-3)20(13-16)27-4/h5-8,13-15,22H,9-12H2,1-4H3,(H,23,25). The molecule has 2 rings (SSSR count). The molecule has 0 aliphatic carbocycles. The average molecular weight is 371 g/mol. The molecule has 27 heavy (non-hydrogen) atoms. The van der Waals surface area contributed by atoms with E-state index in [9.17, 15) is 4.79 Å². The Labute approximate surface area is 161 Å². The fourth-order valence-electron chi connectivity index (χ4n) is 2.58. The summed E-state index contributed by atoms with van der Waals surface area (Å²) in [4.78, 5) is 16.3. The molecule has 6 nitrogen and oxygen atoms in total. The summed E-state index contributed by atoms with van der Waals surface area (Å²) in [5, 5.41) is 6.21. The third-order valence-electron chi connectivity index (χ3n) is 4.19. The summed E-state index contributed by atoms with van der Waals surface area (Å²) in [7, 11) is 3.26. The Bertz CT molecular complexity index is 730. The number of carbonyl (C=O) groups excluding carboxylic acids is 1. The van der Waals surface area contributed by atoms with E-state index in [2.05, 4.69) is 29.5 Å². The fourth-order valence-corrected chi connectivity index (χ4v) is 2.58. The smallest absolute Gasteiger partial charge is 0.269 e. The van der Waals surface area contributed by atoms with Crippen LogP contribution in [0, 0.1) is 5.92 Å². The number of ether oxygens (including phenoxy) is 2. The van der Waals surface area contributed by atoms with Crippen LogP contribution in [0.5, 0.6) is 11.5 Å². The SMILES string of the molecule is COc1ccc(CCNc2ccc(C(=O)NCCC(C)C)nc2)cc1OC. The van der Waals surface area contributed by atoms with Crippen LogP contribution >= 0.6 is 0 Å². The van der Waals surface area contributed by atoms with Crippen molar-refractivity contribution in [3.05, 3.63) is 47.8 Å². The zero-order valence-electron chi connectivity index (χ0n) is 16.5. The molecule has 6 heteroatoms. The maximum absolute atomic E-state index is 12.0. The van der Waals surface area contributed by atoms with E-state index in [1.807, 2.05) is 24.3 Å². The fraction of sp³-hybridized carbons (Fsp3) is 0.429. The van der Waals surface area contributed by atoms with Gasteiger partial charge in [-0.3, -0.25) is 4.79 Å². The van der Waals surface area contributed by atoms with Gasteiger partial charge in [-0.15, -0.1) is 0 Å². The van der Waals surface area contributed by atoms with Gasteiger partial charge in [-0.05, 0) is 48.6 Å². The maximum atomic E-state index is 12.0. The molecule has 1 heterocycles. The molecule has 2 aromatic rings. The van der Waals surface area contributed by atoms with Crippen LogP contribution in [0.2, 0.25) is 0 Å². The molecule has 2 N–H and O–H groups in total. The van der Waals surface area contributed by atoms with Crippen LogP contribution in [0.15, 0.2) is 36.5 Å². The lowest BCUT2D eigenvalue weighted by Gasteiger charge is -2.11. The number of aromatic nitrogens is 1. The minimum absolute atomic E-state index is 0.132. The summed E-state index contributed by atoms with van der Waals surface area (Å²) in [5.74, 6) is 1.88. The Hall–Kier alpha value is -2.76. The van der Waals surface area contributed by atoms with Crippen molar-refractivity contribution < 1.29 is 14.3 Å². The van der Waals surface area contributed by atoms with E-state index in [0.29, 0.717) is 18.2 Å². The first kappa shape index (κ1) is 20.6. The van der Waals surface area contributed by atoms with Crippen molar-refractivity contribution in [3.8, 4) is 11.5 Å². The van der Waals surface area contributed by atoms with Crippen LogP contribution in [-0.2, 0) is 6.42 Å². The molecule has 0 saturated carbocycles. The highest BCUT2D eigenvalue weighted by Gasteiger charge is 2.07. The normalized spacial score (nSPS) is 10.6. The van der Waals surface area contributed by atoms with Crippen LogP contribution in [-0.4, -0.2) is 38.2 Å². The molecule has 146 valence electrons. The summed E-state index contributed by atoms with van der Waals surface area (Å²) in [6.45, 7) is 5.68. The highest BCUT2D eigenvalue weighted by atomic mass is 16.5. The Morgan fingerprint density at radius 2 is 1.85 bits per heavy atom. The number of nitrogens with zero attached hydrogens (tertiary/aromatic N) is 1. The van der Waals surface area contributed by atoms with Crippen LogP contribution in [0.25, 0.3) is 0 Å². The van der Waals surface area contributed by atoms with E-state index in [1.165, 1.54) is 0 Å². The molecule has 0 saturated heterocycles. The minimum atomic E-state index is -0.132. The molecular weight excluding hydrogens is 342 g/mol. The molecule has 0 spiro atoms. The lowest BCUT2D eigenvalue weighted by molar-refractivity contribution is 0.0947. The summed E-state index contributed by atoms with van der Waals surface area (Å²) in [6.07, 6.45) is 3.48. The Morgan fingerprint density at radius 1 is 1.07 bits per heavy atom. The van der Waals surface area contributed by atoms with Gasteiger partial charge in [-0.2, -0.15) is 0 Å². The van der Waals surface area contributed by atoms with Crippen molar-refractivity contribution in [1.82, 2.24) is 10.3 Å². The molecule has 0 fully saturated rings. The van der Waals surface area contributed by atoms with Crippen molar-refractivity contribution in [2.24, 2.45) is 5.92 Å². The number of hydrogen-bond acceptors (Lipinski definition) is 5. The minimum Gasteiger partial charge on any atom is -0.493 e. The van der Waals surface area contributed by atoms with E-state index in [4.69, 9.17) is 9.47 Å². The third kappa shape index (κ3) is 6.47. The van der Waals surface area contributed by atoms with Gasteiger partial charge in [-0.25, -0.2) is 4.98 Å². The van der Waals surface area contributed by atoms with E-state index in [0.717, 1.165) is 42.1 Å². The zero-order chi connectivity index (χ0) is 19.6. The van der Waals surface area contributed by atoms with Crippen molar-refractivity contribution in [2.75, 3.05) is 32.6 Å². The largest absolute Gasteiger partial charge is 0.493 e. The quantitative estimate of drug-likeness (QED) is 0.668. The van der Waals surface area contributed by atoms with Gasteiger partial charge in [0.1, 0.15) is 5.69 Å². The van der Waals surface area contributed by atoms with E-state index in [1.54, 1.807) is 26.5 Å². The van der Waals surface area contributed by atoms with Gasteiger partial charge < -0.3 is 20.1 Å². The number of benzene rings is 1. The van der Waals surface area contributed by atoms with Gasteiger partial charge in [0.25, 0.3) is 5.91 Å². The molecule has 1 aromatic carbocycles. The zero-order valence-corrected chi connectivity index (χ0v) is 16.5. The lowest BCUT2D eigenvalue weighted by Crippen LogP contribution is -2.26. The van der Waals surface area contributed by atoms with Crippen molar-refractivity contribution in [2.45, 2.75) is 26.7 Å². The number of pyridine rings is 1. The predicted octanol–water partition coefficient (Wildman–Crippen LogP) is 3.53. The molecule has 0 aliphatic rings. The topological polar surface area (TPSA) is 72.5 Å². The van der Waals surface area contributed by atoms with Gasteiger partial charge >= 0.3 is 0 Å². The number of amides is 1. The van der Waals surface area contributed by atoms with Crippen LogP contribution in [0.1, 0.15) is 36.3 Å². The molecule has 1 aromatic heterocycles. The summed E-state index contributed by atoms with van der Waals surface area (Å²) >= 11 is 0. The highest BCUT2D eigenvalue weighted by molar-refractivity contribution is 5.92. The van der Waals surface area contributed by atoms with Gasteiger partial charge in [0.2, 0.25) is 0 Å². The first-order chi connectivity index (χ1) is 13.0. The van der Waals surface area contributed by atoms with Crippen LogP contribution < -0.4 is 20.1 Å². The molecule has 0 bridgehead atoms. The van der Waals surface area contributed by atoms with E-state index in [-0.39, 0.29) is 5.91 Å². The second kappa shape index (κ2) is 10.4. The van der Waals surface area contributed by atoms with Crippen molar-refractivity contribution in [3.63, 3.8) is 0 Å². The van der Waals surface area contributed by atoms with E-state index >= 15 is 0 Å². The molecule has 0 atom stereocenters. The van der Waals surface area contributed by atoms with Crippen LogP contribution in [0.3, 0.4) is 0 Å². The number of nitrogens with one attached hydrogen (secondary N) is 2. The number of rotatable bonds is 10. The Balaban J connectivity index is 1.82. The summed E-state index contributed by atoms with van der Waals surface area (Å²) < 4.78 is 10.6. The van der Waals surface area contributed by atoms with Crippen molar-refractivity contribution in [1.29, 1.82) is 0 Å². The van der Waals surface area contributed by atoms with Crippen LogP contribution in [0.4, 0.5) is 5.69 Å². The molecule has 1 amide bonds. The van der Waals surface area contributed by atoms with Gasteiger partial charge in [-0.1, -0.05) is 19.9 Å². The summed E-state index contributed by atoms with van der Waals surface area (Å²) in [5.41, 5.74) is 2.47. The predicted molar refractivity (Wildman–Crippen MR) is 108 cm³/mol. The molecule has 0 radical (unpaired) electrons. The first-order valence-corrected chi connectivity index (χ1v) is 9.22. The Kier molecular flexibility index (Phi) is 7.92. The second-order valence-electron chi connectivity index (χ2n) is 6.74. The number of hydrogen-bond donors (Lipinski definition) is 2. The maximum Gasteiger partial charge on any atom is 0.269 e. The number of anilines is 1. The summed E-state index contributed by atoms with van der Waals surface area (Å²) in [6, 6.07) is 9.51. The van der Waals surface area contributed by atoms with Crippen molar-refractivity contribution >= 4 is 11.6 Å². The number of carbonyl (C=O) groups is 1. The molecule has 0 unspecified atom stereocenters. The first-order valence-electron chi connectivity index (χ1n) is 9.22. The highest BCUT2D eigenvalue weighted by Crippen LogP contribution is 2.27. The average Bonchev–Trinajstić information content (AvgIpc) is 2.68. The third-order valence-corrected chi connectivity index (χ3v) is 4.19. The molecular formula is C21H29N3O3. The number of methoxy groups -OCH3 is 2. The monoisotopic (exact) mass is 371 g/mol. The lowest BCUT2D eigenvalue weighted by atomic mass is 10.1. The van der Waals surface area contributed by atoms with Gasteiger partial charge in [0.05, 0.1) is 26.1 Å². The second-order valence-corrected chi connectivity index (χ2v) is 6.74. The van der Waals surface area contributed by atoms with E-state index < -0.39 is 0 Å². The van der Waals surface area contributed by atoms with Gasteiger partial charge in [0.15, 0.2) is 11.5 Å². The molecule has 0 aliphatic heterocycles.